The quantitative estimate of drug-likeness (QED) is 0.179. The minimum atomic E-state index is 0.860. The van der Waals surface area contributed by atoms with E-state index in [4.69, 9.17) is 9.97 Å². The first-order valence-corrected chi connectivity index (χ1v) is 30.4. The summed E-state index contributed by atoms with van der Waals surface area (Å²) in [5.41, 5.74) is 15.2. The van der Waals surface area contributed by atoms with Crippen molar-refractivity contribution in [1.29, 1.82) is 0 Å². The van der Waals surface area contributed by atoms with E-state index in [1.165, 1.54) is 124 Å². The van der Waals surface area contributed by atoms with Gasteiger partial charge < -0.3 is 9.55 Å². The SMILES string of the molecule is C1=Cc2cc3c(-c4ccc5ccc6cccc7ccc4c5c67)c(-c4ccc5ccc6cccc7ccc4c5c67)c(c(-c4ccc5ccc6cccc7ccc4c5c67)c4nc(cc5ccc(cc1n2)[nH]5)C=C4)n3-c1ccc2ccc3cccc4ccc1c2c34. The summed E-state index contributed by atoms with van der Waals surface area (Å²) in [5.74, 6) is 0. The first-order valence-electron chi connectivity index (χ1n) is 30.4. The van der Waals surface area contributed by atoms with Crippen LogP contribution < -0.4 is 0 Å². The first-order chi connectivity index (χ1) is 43.6. The third kappa shape index (κ3) is 6.32. The minimum absolute atomic E-state index is 0.860. The van der Waals surface area contributed by atoms with E-state index in [2.05, 4.69) is 283 Å². The second-order valence-corrected chi connectivity index (χ2v) is 24.4. The Morgan fingerprint density at radius 1 is 0.261 bits per heavy atom. The lowest BCUT2D eigenvalue weighted by Crippen LogP contribution is -2.00. The maximum Gasteiger partial charge on any atom is 0.0737 e. The molecule has 3 aromatic heterocycles. The third-order valence-electron chi connectivity index (χ3n) is 19.8. The van der Waals surface area contributed by atoms with Crippen molar-refractivity contribution in [2.45, 2.75) is 0 Å². The lowest BCUT2D eigenvalue weighted by molar-refractivity contribution is 1.19. The summed E-state index contributed by atoms with van der Waals surface area (Å²) in [6.07, 6.45) is 8.82. The zero-order valence-electron chi connectivity index (χ0n) is 47.3. The van der Waals surface area contributed by atoms with Gasteiger partial charge in [-0.05, 0) is 201 Å². The molecule has 16 aromatic carbocycles. The Labute approximate surface area is 502 Å². The van der Waals surface area contributed by atoms with Gasteiger partial charge in [0.1, 0.15) is 0 Å². The highest BCUT2D eigenvalue weighted by atomic mass is 15.0. The molecule has 4 nitrogen and oxygen atoms in total. The smallest absolute Gasteiger partial charge is 0.0737 e. The number of nitrogens with one attached hydrogen (secondary N) is 1. The van der Waals surface area contributed by atoms with Gasteiger partial charge >= 0.3 is 0 Å². The van der Waals surface area contributed by atoms with Crippen LogP contribution in [0.1, 0.15) is 22.8 Å². The molecule has 0 unspecified atom stereocenters. The van der Waals surface area contributed by atoms with Gasteiger partial charge in [0.05, 0.1) is 39.5 Å². The standard InChI is InChI=1S/C84H46N4/c1-5-46-13-17-54-24-37-66(63-34-21-50(9-1)73(46)77(54)63)81-70-41-33-61(87-70)44-60-30-29-58(85-60)43-59-31-32-62(86-59)45-72-82(67-38-25-55-18-14-47-6-2-10-51-22-35-64(67)78(55)74(47)51)83(68-39-26-56-19-15-48-7-3-11-52-23-36-65(68)79(56)75(48)52)84(81)88(72)71-42-28-57-20-16-49-8-4-12-53-27-40-69(71)80(57)76(49)53/h1-45,85H. The number of fused-ring (bicyclic) bond motifs is 8. The molecule has 5 heterocycles. The van der Waals surface area contributed by atoms with Crippen LogP contribution in [0.15, 0.2) is 249 Å². The topological polar surface area (TPSA) is 46.5 Å². The summed E-state index contributed by atoms with van der Waals surface area (Å²) in [5, 5.41) is 29.5. The molecule has 0 radical (unpaired) electrons. The van der Waals surface area contributed by atoms with Crippen molar-refractivity contribution >= 4 is 176 Å². The summed E-state index contributed by atoms with van der Waals surface area (Å²) in [7, 11) is 0. The van der Waals surface area contributed by atoms with Crippen molar-refractivity contribution in [3.8, 4) is 39.1 Å². The summed E-state index contributed by atoms with van der Waals surface area (Å²) in [4.78, 5) is 15.1. The number of rotatable bonds is 4. The summed E-state index contributed by atoms with van der Waals surface area (Å²) in [6.45, 7) is 0. The molecule has 2 aliphatic heterocycles. The number of hydrogen-bond donors (Lipinski definition) is 1. The molecule has 88 heavy (non-hydrogen) atoms. The Morgan fingerprint density at radius 3 is 1.07 bits per heavy atom. The van der Waals surface area contributed by atoms with Crippen LogP contribution in [0.25, 0.3) is 215 Å². The van der Waals surface area contributed by atoms with E-state index in [0.717, 1.165) is 89.3 Å². The van der Waals surface area contributed by atoms with Crippen LogP contribution in [0.3, 0.4) is 0 Å². The molecule has 0 atom stereocenters. The highest BCUT2D eigenvalue weighted by molar-refractivity contribution is 6.33. The van der Waals surface area contributed by atoms with Crippen molar-refractivity contribution in [2.75, 3.05) is 0 Å². The Morgan fingerprint density at radius 2 is 0.602 bits per heavy atom. The Hall–Kier alpha value is -11.7. The van der Waals surface area contributed by atoms with Gasteiger partial charge in [-0.25, -0.2) is 9.97 Å². The molecule has 0 saturated heterocycles. The lowest BCUT2D eigenvalue weighted by atomic mass is 9.84. The normalized spacial score (nSPS) is 12.9. The zero-order valence-corrected chi connectivity index (χ0v) is 47.3. The molecular formula is C84H46N4. The summed E-state index contributed by atoms with van der Waals surface area (Å²) < 4.78 is 2.65. The van der Waals surface area contributed by atoms with Crippen LogP contribution in [0.4, 0.5) is 0 Å². The molecule has 2 aliphatic rings. The van der Waals surface area contributed by atoms with Gasteiger partial charge in [-0.1, -0.05) is 212 Å². The molecule has 19 aromatic rings. The number of H-pyrrole nitrogens is 1. The van der Waals surface area contributed by atoms with E-state index in [0.29, 0.717) is 0 Å². The monoisotopic (exact) mass is 1110 g/mol. The van der Waals surface area contributed by atoms with Gasteiger partial charge in [-0.2, -0.15) is 0 Å². The van der Waals surface area contributed by atoms with Crippen LogP contribution >= 0.6 is 0 Å². The predicted octanol–water partition coefficient (Wildman–Crippen LogP) is 22.7. The average molecular weight is 1110 g/mol. The molecule has 402 valence electrons. The second kappa shape index (κ2) is 17.0. The molecule has 4 heteroatoms. The van der Waals surface area contributed by atoms with Gasteiger partial charge in [-0.15, -0.1) is 0 Å². The van der Waals surface area contributed by atoms with E-state index in [1.807, 2.05) is 0 Å². The molecule has 0 spiro atoms. The van der Waals surface area contributed by atoms with Crippen LogP contribution in [-0.4, -0.2) is 19.5 Å². The minimum Gasteiger partial charge on any atom is -0.355 e. The van der Waals surface area contributed by atoms with Crippen molar-refractivity contribution in [2.24, 2.45) is 0 Å². The molecule has 0 aliphatic carbocycles. The van der Waals surface area contributed by atoms with E-state index in [9.17, 15) is 0 Å². The lowest BCUT2D eigenvalue weighted by Gasteiger charge is -2.20. The Bertz CT molecular complexity index is 6480. The van der Waals surface area contributed by atoms with Crippen LogP contribution in [0, 0.1) is 0 Å². The Balaban J connectivity index is 1.08. The maximum absolute atomic E-state index is 5.86. The van der Waals surface area contributed by atoms with Crippen molar-refractivity contribution in [3.05, 3.63) is 271 Å². The van der Waals surface area contributed by atoms with Gasteiger partial charge in [0, 0.05) is 33.1 Å². The van der Waals surface area contributed by atoms with Crippen molar-refractivity contribution in [3.63, 3.8) is 0 Å². The molecule has 0 amide bonds. The number of hydrogen-bond acceptors (Lipinski definition) is 2. The number of nitrogens with zero attached hydrogens (tertiary/aromatic N) is 3. The van der Waals surface area contributed by atoms with Gasteiger partial charge in [0.2, 0.25) is 0 Å². The fourth-order valence-electron chi connectivity index (χ4n) is 16.1. The third-order valence-corrected chi connectivity index (χ3v) is 19.8. The van der Waals surface area contributed by atoms with E-state index in [-0.39, 0.29) is 0 Å². The van der Waals surface area contributed by atoms with Crippen molar-refractivity contribution in [1.82, 2.24) is 19.5 Å². The highest BCUT2D eigenvalue weighted by Gasteiger charge is 2.31. The van der Waals surface area contributed by atoms with E-state index in [1.54, 1.807) is 0 Å². The number of aromatic nitrogens is 4. The Kier molecular flexibility index (Phi) is 9.01. The second-order valence-electron chi connectivity index (χ2n) is 24.4. The zero-order chi connectivity index (χ0) is 57.0. The average Bonchev–Trinajstić information content (AvgIpc) is 1.54. The molecular weight excluding hydrogens is 1060 g/mol. The van der Waals surface area contributed by atoms with Crippen molar-refractivity contribution < 1.29 is 0 Å². The van der Waals surface area contributed by atoms with Gasteiger partial charge in [0.25, 0.3) is 0 Å². The first kappa shape index (κ1) is 46.6. The molecule has 8 bridgehead atoms. The fraction of sp³-hybridized carbons (Fsp3) is 0. The highest BCUT2D eigenvalue weighted by Crippen LogP contribution is 2.55. The molecule has 0 saturated carbocycles. The van der Waals surface area contributed by atoms with Gasteiger partial charge in [0.15, 0.2) is 0 Å². The fourth-order valence-corrected chi connectivity index (χ4v) is 16.1. The van der Waals surface area contributed by atoms with Gasteiger partial charge in [-0.3, -0.25) is 0 Å². The number of benzene rings is 16. The molecule has 0 fully saturated rings. The largest absolute Gasteiger partial charge is 0.355 e. The van der Waals surface area contributed by atoms with Crippen LogP contribution in [0.5, 0.6) is 0 Å². The van der Waals surface area contributed by atoms with E-state index >= 15 is 0 Å². The van der Waals surface area contributed by atoms with E-state index < -0.39 is 0 Å². The molecule has 21 rings (SSSR count). The predicted molar refractivity (Wildman–Crippen MR) is 375 cm³/mol. The molecule has 1 N–H and O–H groups in total. The maximum atomic E-state index is 5.86. The summed E-state index contributed by atoms with van der Waals surface area (Å²) >= 11 is 0. The van der Waals surface area contributed by atoms with Crippen LogP contribution in [0.2, 0.25) is 0 Å². The van der Waals surface area contributed by atoms with Crippen LogP contribution in [-0.2, 0) is 0 Å². The number of aromatic amines is 1. The summed E-state index contributed by atoms with van der Waals surface area (Å²) in [6, 6.07) is 94.2.